The van der Waals surface area contributed by atoms with Crippen molar-refractivity contribution < 1.29 is 23.9 Å². The van der Waals surface area contributed by atoms with Gasteiger partial charge in [0.2, 0.25) is 5.91 Å². The van der Waals surface area contributed by atoms with E-state index in [1.807, 2.05) is 22.6 Å². The predicted molar refractivity (Wildman–Crippen MR) is 79.3 cm³/mol. The molecular weight excluding hydrogens is 396 g/mol. The summed E-state index contributed by atoms with van der Waals surface area (Å²) in [5.74, 6) is -2.09. The molecule has 1 saturated heterocycles. The number of aliphatic carboxylic acids is 1. The fraction of sp³-hybridized carbons (Fsp3) is 0.250. The number of benzene rings is 1. The Morgan fingerprint density at radius 3 is 2.81 bits per heavy atom. The number of carbonyl (C=O) groups excluding carboxylic acids is 2. The Hall–Kier alpha value is -1.91. The van der Waals surface area contributed by atoms with Gasteiger partial charge in [-0.25, -0.2) is 14.0 Å². The van der Waals surface area contributed by atoms with Crippen molar-refractivity contribution in [3.8, 4) is 0 Å². The van der Waals surface area contributed by atoms with Crippen LogP contribution in [-0.2, 0) is 9.59 Å². The molecule has 0 radical (unpaired) electrons. The molecule has 2 rings (SSSR count). The van der Waals surface area contributed by atoms with Crippen molar-refractivity contribution >= 4 is 46.2 Å². The highest BCUT2D eigenvalue weighted by Gasteiger charge is 2.35. The Morgan fingerprint density at radius 1 is 1.48 bits per heavy atom. The molecule has 3 amide bonds. The van der Waals surface area contributed by atoms with Crippen molar-refractivity contribution in [1.29, 1.82) is 0 Å². The average Bonchev–Trinajstić information content (AvgIpc) is 2.41. The maximum Gasteiger partial charge on any atom is 0.328 e. The number of anilines is 1. The van der Waals surface area contributed by atoms with Gasteiger partial charge in [-0.1, -0.05) is 0 Å². The minimum atomic E-state index is -1.21. The third-order valence-electron chi connectivity index (χ3n) is 2.90. The Labute approximate surface area is 132 Å². The van der Waals surface area contributed by atoms with Crippen molar-refractivity contribution in [2.45, 2.75) is 6.04 Å². The van der Waals surface area contributed by atoms with Crippen LogP contribution in [0, 0.1) is 9.39 Å². The summed E-state index contributed by atoms with van der Waals surface area (Å²) >= 11 is 1.84. The molecule has 1 fully saturated rings. The Balaban J connectivity index is 2.17. The summed E-state index contributed by atoms with van der Waals surface area (Å²) in [6, 6.07) is 1.92. The minimum Gasteiger partial charge on any atom is -0.480 e. The zero-order chi connectivity index (χ0) is 15.6. The molecule has 1 unspecified atom stereocenters. The smallest absolute Gasteiger partial charge is 0.328 e. The van der Waals surface area contributed by atoms with Gasteiger partial charge in [-0.2, -0.15) is 0 Å². The summed E-state index contributed by atoms with van der Waals surface area (Å²) in [4.78, 5) is 35.5. The fourth-order valence-electron chi connectivity index (χ4n) is 1.85. The molecule has 1 aromatic carbocycles. The van der Waals surface area contributed by atoms with Gasteiger partial charge in [0.1, 0.15) is 18.4 Å². The second kappa shape index (κ2) is 6.24. The van der Waals surface area contributed by atoms with Gasteiger partial charge in [0, 0.05) is 10.1 Å². The van der Waals surface area contributed by atoms with Gasteiger partial charge in [-0.3, -0.25) is 9.69 Å². The largest absolute Gasteiger partial charge is 0.480 e. The van der Waals surface area contributed by atoms with Gasteiger partial charge >= 0.3 is 12.0 Å². The number of piperazine rings is 1. The van der Waals surface area contributed by atoms with E-state index in [2.05, 4.69) is 10.6 Å². The lowest BCUT2D eigenvalue weighted by atomic mass is 10.2. The van der Waals surface area contributed by atoms with Crippen molar-refractivity contribution in [1.82, 2.24) is 10.2 Å². The Bertz CT molecular complexity index is 610. The molecule has 0 aromatic heterocycles. The van der Waals surface area contributed by atoms with Gasteiger partial charge in [0.25, 0.3) is 0 Å². The molecule has 9 heteroatoms. The van der Waals surface area contributed by atoms with E-state index >= 15 is 0 Å². The highest BCUT2D eigenvalue weighted by atomic mass is 127. The second-order valence-corrected chi connectivity index (χ2v) is 5.50. The van der Waals surface area contributed by atoms with Gasteiger partial charge in [0.15, 0.2) is 0 Å². The van der Waals surface area contributed by atoms with E-state index in [0.29, 0.717) is 9.26 Å². The van der Waals surface area contributed by atoms with Crippen LogP contribution in [0.25, 0.3) is 0 Å². The topological polar surface area (TPSA) is 98.7 Å². The van der Waals surface area contributed by atoms with Crippen LogP contribution < -0.4 is 10.6 Å². The van der Waals surface area contributed by atoms with Crippen molar-refractivity contribution in [3.63, 3.8) is 0 Å². The highest BCUT2D eigenvalue weighted by Crippen LogP contribution is 2.20. The zero-order valence-corrected chi connectivity index (χ0v) is 12.8. The number of nitrogens with one attached hydrogen (secondary N) is 2. The number of carboxylic acids is 1. The normalized spacial score (nSPS) is 18.1. The highest BCUT2D eigenvalue weighted by molar-refractivity contribution is 14.1. The first-order chi connectivity index (χ1) is 9.88. The number of amides is 3. The lowest BCUT2D eigenvalue weighted by Gasteiger charge is -2.32. The van der Waals surface area contributed by atoms with Crippen molar-refractivity contribution in [2.75, 3.05) is 18.4 Å². The molecule has 112 valence electrons. The molecule has 0 saturated carbocycles. The van der Waals surface area contributed by atoms with E-state index in [1.165, 1.54) is 18.2 Å². The number of halogens is 2. The van der Waals surface area contributed by atoms with Crippen LogP contribution in [-0.4, -0.2) is 47.0 Å². The maximum absolute atomic E-state index is 13.0. The molecular formula is C12H11FIN3O4. The molecule has 21 heavy (non-hydrogen) atoms. The molecule has 7 nitrogen and oxygen atoms in total. The third-order valence-corrected chi connectivity index (χ3v) is 3.79. The lowest BCUT2D eigenvalue weighted by Crippen LogP contribution is -2.60. The van der Waals surface area contributed by atoms with Crippen molar-refractivity contribution in [3.05, 3.63) is 27.6 Å². The maximum atomic E-state index is 13.0. The first-order valence-corrected chi connectivity index (χ1v) is 6.98. The number of nitrogens with zero attached hydrogens (tertiary/aromatic N) is 1. The van der Waals surface area contributed by atoms with Crippen molar-refractivity contribution in [2.24, 2.45) is 0 Å². The number of carbonyl (C=O) groups is 3. The molecule has 1 aliphatic heterocycles. The van der Waals surface area contributed by atoms with Gasteiger partial charge in [0.05, 0.1) is 5.69 Å². The monoisotopic (exact) mass is 407 g/mol. The summed E-state index contributed by atoms with van der Waals surface area (Å²) < 4.78 is 13.5. The minimum absolute atomic E-state index is 0.151. The molecule has 1 atom stereocenters. The molecule has 1 aliphatic rings. The number of carboxylic acid groups (broad SMARTS) is 1. The van der Waals surface area contributed by atoms with Crippen LogP contribution in [0.3, 0.4) is 0 Å². The molecule has 1 aromatic rings. The van der Waals surface area contributed by atoms with Crippen LogP contribution in [0.15, 0.2) is 18.2 Å². The van der Waals surface area contributed by atoms with Crippen LogP contribution in [0.5, 0.6) is 0 Å². The van der Waals surface area contributed by atoms with Gasteiger partial charge < -0.3 is 15.7 Å². The van der Waals surface area contributed by atoms with E-state index in [1.54, 1.807) is 0 Å². The van der Waals surface area contributed by atoms with Crippen LogP contribution >= 0.6 is 22.6 Å². The second-order valence-electron chi connectivity index (χ2n) is 4.34. The first-order valence-electron chi connectivity index (χ1n) is 5.90. The first kappa shape index (κ1) is 15.5. The molecule has 1 heterocycles. The lowest BCUT2D eigenvalue weighted by molar-refractivity contribution is -0.144. The molecule has 3 N–H and O–H groups in total. The summed E-state index contributed by atoms with van der Waals surface area (Å²) in [6.45, 7) is -0.497. The van der Waals surface area contributed by atoms with Crippen LogP contribution in [0.1, 0.15) is 0 Å². The van der Waals surface area contributed by atoms with E-state index in [0.717, 1.165) is 4.90 Å². The summed E-state index contributed by atoms with van der Waals surface area (Å²) in [6.07, 6.45) is 0. The summed E-state index contributed by atoms with van der Waals surface area (Å²) in [5.41, 5.74) is 0.345. The third kappa shape index (κ3) is 3.60. The SMILES string of the molecule is O=C1CN(C(=O)Nc2ccc(F)cc2I)C(C(=O)O)CN1. The number of urea groups is 1. The van der Waals surface area contributed by atoms with Crippen LogP contribution in [0.4, 0.5) is 14.9 Å². The number of hydrogen-bond donors (Lipinski definition) is 3. The number of hydrogen-bond acceptors (Lipinski definition) is 3. The summed E-state index contributed by atoms with van der Waals surface area (Å²) in [5, 5.41) is 13.9. The van der Waals surface area contributed by atoms with Gasteiger partial charge in [-0.05, 0) is 40.8 Å². The van der Waals surface area contributed by atoms with Crippen LogP contribution in [0.2, 0.25) is 0 Å². The molecule has 0 bridgehead atoms. The average molecular weight is 407 g/mol. The van der Waals surface area contributed by atoms with E-state index < -0.39 is 29.8 Å². The zero-order valence-electron chi connectivity index (χ0n) is 10.6. The molecule has 0 aliphatic carbocycles. The standard InChI is InChI=1S/C12H11FIN3O4/c13-6-1-2-8(7(14)3-6)16-12(21)17-5-10(18)15-4-9(17)11(19)20/h1-3,9H,4-5H2,(H,15,18)(H,16,21)(H,19,20). The summed E-state index contributed by atoms with van der Waals surface area (Å²) in [7, 11) is 0. The Morgan fingerprint density at radius 2 is 2.19 bits per heavy atom. The van der Waals surface area contributed by atoms with E-state index in [-0.39, 0.29) is 13.1 Å². The van der Waals surface area contributed by atoms with Gasteiger partial charge in [-0.15, -0.1) is 0 Å². The van der Waals surface area contributed by atoms with E-state index in [9.17, 15) is 18.8 Å². The molecule has 0 spiro atoms. The Kier molecular flexibility index (Phi) is 4.60. The van der Waals surface area contributed by atoms with E-state index in [4.69, 9.17) is 5.11 Å². The number of rotatable bonds is 2. The quantitative estimate of drug-likeness (QED) is 0.634. The predicted octanol–water partition coefficient (Wildman–Crippen LogP) is 0.847. The fourth-order valence-corrected chi connectivity index (χ4v) is 2.47.